The quantitative estimate of drug-likeness (QED) is 0.355. The summed E-state index contributed by atoms with van der Waals surface area (Å²) >= 11 is 0. The van der Waals surface area contributed by atoms with E-state index in [2.05, 4.69) is 15.3 Å². The van der Waals surface area contributed by atoms with E-state index in [9.17, 15) is 15.0 Å². The summed E-state index contributed by atoms with van der Waals surface area (Å²) in [6, 6.07) is -1.48. The number of aliphatic hydroxyl groups excluding tert-OH is 2. The van der Waals surface area contributed by atoms with E-state index in [-0.39, 0.29) is 5.91 Å². The van der Waals surface area contributed by atoms with Crippen molar-refractivity contribution < 1.29 is 19.7 Å². The highest BCUT2D eigenvalue weighted by molar-refractivity contribution is 5.73. The second-order valence-corrected chi connectivity index (χ2v) is 3.89. The molecule has 1 aliphatic rings. The highest BCUT2D eigenvalue weighted by Crippen LogP contribution is 2.25. The molecule has 3 N–H and O–H groups in total. The molecule has 1 heterocycles. The molecule has 0 aromatic rings. The van der Waals surface area contributed by atoms with Gasteiger partial charge in [-0.2, -0.15) is 0 Å². The first-order valence-corrected chi connectivity index (χ1v) is 5.34. The fraction of sp³-hybridized carbons (Fsp3) is 0.889. The Morgan fingerprint density at radius 2 is 2.29 bits per heavy atom. The number of azide groups is 1. The summed E-state index contributed by atoms with van der Waals surface area (Å²) in [5.41, 5.74) is 8.38. The van der Waals surface area contributed by atoms with Gasteiger partial charge in [0.15, 0.2) is 6.29 Å². The van der Waals surface area contributed by atoms with Crippen LogP contribution in [0.2, 0.25) is 0 Å². The molecular formula is C9H16N4O4. The number of carbonyl (C=O) groups is 1. The Kier molecular flexibility index (Phi) is 4.71. The average molecular weight is 244 g/mol. The van der Waals surface area contributed by atoms with Crippen LogP contribution in [0.3, 0.4) is 0 Å². The van der Waals surface area contributed by atoms with Gasteiger partial charge in [-0.25, -0.2) is 0 Å². The third kappa shape index (κ3) is 3.07. The summed E-state index contributed by atoms with van der Waals surface area (Å²) in [6.07, 6.45) is -2.76. The van der Waals surface area contributed by atoms with Crippen molar-refractivity contribution in [2.24, 2.45) is 5.11 Å². The van der Waals surface area contributed by atoms with Crippen LogP contribution in [0.15, 0.2) is 5.11 Å². The molecule has 1 aliphatic heterocycles. The van der Waals surface area contributed by atoms with Crippen LogP contribution in [-0.4, -0.2) is 46.7 Å². The number of nitrogens with one attached hydrogen (secondary N) is 1. The van der Waals surface area contributed by atoms with Crippen LogP contribution in [0.1, 0.15) is 20.3 Å². The monoisotopic (exact) mass is 244 g/mol. The molecule has 8 nitrogen and oxygen atoms in total. The van der Waals surface area contributed by atoms with Gasteiger partial charge in [-0.3, -0.25) is 4.79 Å². The normalized spacial score (nSPS) is 33.9. The molecule has 0 saturated carbocycles. The molecule has 1 rings (SSSR count). The lowest BCUT2D eigenvalue weighted by atomic mass is 10.0. The van der Waals surface area contributed by atoms with E-state index >= 15 is 0 Å². The summed E-state index contributed by atoms with van der Waals surface area (Å²) in [5, 5.41) is 25.4. The van der Waals surface area contributed by atoms with Crippen molar-refractivity contribution in [2.75, 3.05) is 0 Å². The average Bonchev–Trinajstić information content (AvgIpc) is 2.53. The highest BCUT2D eigenvalue weighted by atomic mass is 16.6. The maximum Gasteiger partial charge on any atom is 0.217 e. The predicted molar refractivity (Wildman–Crippen MR) is 57.7 cm³/mol. The van der Waals surface area contributed by atoms with Crippen molar-refractivity contribution in [2.45, 2.75) is 50.8 Å². The number of ether oxygens (including phenoxy) is 1. The summed E-state index contributed by atoms with van der Waals surface area (Å²) in [7, 11) is 0. The van der Waals surface area contributed by atoms with Gasteiger partial charge in [0.2, 0.25) is 5.91 Å². The van der Waals surface area contributed by atoms with Crippen molar-refractivity contribution in [3.05, 3.63) is 10.4 Å². The van der Waals surface area contributed by atoms with Crippen LogP contribution in [0.5, 0.6) is 0 Å². The molecule has 0 aromatic heterocycles. The van der Waals surface area contributed by atoms with Gasteiger partial charge in [0.25, 0.3) is 0 Å². The first-order valence-electron chi connectivity index (χ1n) is 5.34. The largest absolute Gasteiger partial charge is 0.388 e. The summed E-state index contributed by atoms with van der Waals surface area (Å²) in [4.78, 5) is 13.6. The minimum Gasteiger partial charge on any atom is -0.388 e. The van der Waals surface area contributed by atoms with Crippen molar-refractivity contribution in [3.8, 4) is 0 Å². The van der Waals surface area contributed by atoms with E-state index in [1.165, 1.54) is 6.92 Å². The van der Waals surface area contributed by atoms with Gasteiger partial charge in [0.1, 0.15) is 12.1 Å². The molecule has 1 unspecified atom stereocenters. The van der Waals surface area contributed by atoms with Crippen molar-refractivity contribution >= 4 is 5.91 Å². The Hall–Kier alpha value is -1.34. The van der Waals surface area contributed by atoms with E-state index in [1.54, 1.807) is 6.92 Å². The zero-order chi connectivity index (χ0) is 13.0. The maximum absolute atomic E-state index is 10.9. The minimum absolute atomic E-state index is 0.380. The Morgan fingerprint density at radius 1 is 1.65 bits per heavy atom. The zero-order valence-corrected chi connectivity index (χ0v) is 9.65. The molecule has 96 valence electrons. The van der Waals surface area contributed by atoms with E-state index in [4.69, 9.17) is 10.3 Å². The number of hydrogen-bond acceptors (Lipinski definition) is 5. The SMILES string of the molecule is CC[C@H](N=[N+]=[N-])[C@H]1O[C@H](O)C(NC(C)=O)[C@@H]1O. The topological polar surface area (TPSA) is 128 Å². The number of nitrogens with zero attached hydrogens (tertiary/aromatic N) is 3. The Morgan fingerprint density at radius 3 is 2.76 bits per heavy atom. The van der Waals surface area contributed by atoms with Crippen LogP contribution in [-0.2, 0) is 9.53 Å². The lowest BCUT2D eigenvalue weighted by molar-refractivity contribution is -0.126. The van der Waals surface area contributed by atoms with Gasteiger partial charge < -0.3 is 20.3 Å². The molecule has 5 atom stereocenters. The highest BCUT2D eigenvalue weighted by Gasteiger charge is 2.46. The molecule has 8 heteroatoms. The van der Waals surface area contributed by atoms with Crippen LogP contribution < -0.4 is 5.32 Å². The van der Waals surface area contributed by atoms with Crippen molar-refractivity contribution in [3.63, 3.8) is 0 Å². The molecule has 0 aromatic carbocycles. The van der Waals surface area contributed by atoms with E-state index in [1.807, 2.05) is 0 Å². The molecule has 0 radical (unpaired) electrons. The molecule has 1 amide bonds. The minimum atomic E-state index is -1.30. The van der Waals surface area contributed by atoms with Gasteiger partial charge in [0, 0.05) is 11.8 Å². The maximum atomic E-state index is 10.9. The molecule has 1 saturated heterocycles. The summed E-state index contributed by atoms with van der Waals surface area (Å²) in [5.74, 6) is -0.380. The second kappa shape index (κ2) is 5.83. The van der Waals surface area contributed by atoms with E-state index in [0.717, 1.165) is 0 Å². The summed E-state index contributed by atoms with van der Waals surface area (Å²) < 4.78 is 5.12. The summed E-state index contributed by atoms with van der Waals surface area (Å²) in [6.45, 7) is 3.05. The number of amides is 1. The van der Waals surface area contributed by atoms with Crippen LogP contribution >= 0.6 is 0 Å². The van der Waals surface area contributed by atoms with Crippen LogP contribution in [0.4, 0.5) is 0 Å². The number of aliphatic hydroxyl groups is 2. The first kappa shape index (κ1) is 13.7. The Balaban J connectivity index is 2.78. The Labute approximate surface area is 98.2 Å². The standard InChI is InChI=1S/C9H16N4O4/c1-3-5(12-13-10)8-7(15)6(9(16)17-8)11-4(2)14/h5-9,15-16H,3H2,1-2H3,(H,11,14)/t5-,6?,7-,8+,9-/m0/s1. The predicted octanol–water partition coefficient (Wildman–Crippen LogP) is -0.342. The van der Waals surface area contributed by atoms with Gasteiger partial charge in [0.05, 0.1) is 12.1 Å². The number of hydrogen-bond donors (Lipinski definition) is 3. The van der Waals surface area contributed by atoms with Gasteiger partial charge in [-0.15, -0.1) is 0 Å². The fourth-order valence-corrected chi connectivity index (χ4v) is 1.85. The van der Waals surface area contributed by atoms with Gasteiger partial charge in [-0.1, -0.05) is 12.0 Å². The van der Waals surface area contributed by atoms with E-state index < -0.39 is 30.6 Å². The number of rotatable bonds is 4. The van der Waals surface area contributed by atoms with Gasteiger partial charge >= 0.3 is 0 Å². The molecular weight excluding hydrogens is 228 g/mol. The molecule has 17 heavy (non-hydrogen) atoms. The third-order valence-electron chi connectivity index (χ3n) is 2.68. The van der Waals surface area contributed by atoms with Crippen molar-refractivity contribution in [1.82, 2.24) is 5.32 Å². The van der Waals surface area contributed by atoms with Crippen molar-refractivity contribution in [1.29, 1.82) is 0 Å². The molecule has 1 fully saturated rings. The van der Waals surface area contributed by atoms with E-state index in [0.29, 0.717) is 6.42 Å². The fourth-order valence-electron chi connectivity index (χ4n) is 1.85. The second-order valence-electron chi connectivity index (χ2n) is 3.89. The lowest BCUT2D eigenvalue weighted by Crippen LogP contribution is -2.48. The first-order chi connectivity index (χ1) is 8.01. The van der Waals surface area contributed by atoms with Crippen LogP contribution in [0, 0.1) is 0 Å². The molecule has 0 bridgehead atoms. The molecule has 0 spiro atoms. The third-order valence-corrected chi connectivity index (χ3v) is 2.68. The lowest BCUT2D eigenvalue weighted by Gasteiger charge is -2.21. The van der Waals surface area contributed by atoms with Crippen LogP contribution in [0.25, 0.3) is 10.4 Å². The molecule has 0 aliphatic carbocycles. The van der Waals surface area contributed by atoms with Gasteiger partial charge in [-0.05, 0) is 12.0 Å². The smallest absolute Gasteiger partial charge is 0.217 e. The number of carbonyl (C=O) groups excluding carboxylic acids is 1. The Bertz CT molecular complexity index is 331. The zero-order valence-electron chi connectivity index (χ0n) is 9.65.